The van der Waals surface area contributed by atoms with Crippen molar-refractivity contribution in [1.29, 1.82) is 5.26 Å². The topological polar surface area (TPSA) is 80.0 Å². The average molecular weight is 374 g/mol. The predicted molar refractivity (Wildman–Crippen MR) is 91.2 cm³/mol. The van der Waals surface area contributed by atoms with E-state index in [2.05, 4.69) is 4.98 Å². The SMILES string of the molecule is Cc1nc(-c2ccc(OS(=O)(=O)c3ccccc3C#N)c(F)c2)cs1. The summed E-state index contributed by atoms with van der Waals surface area (Å²) in [5.41, 5.74) is 1.05. The molecule has 126 valence electrons. The monoisotopic (exact) mass is 374 g/mol. The predicted octanol–water partition coefficient (Wildman–Crippen LogP) is 3.90. The van der Waals surface area contributed by atoms with E-state index in [0.717, 1.165) is 11.1 Å². The fourth-order valence-electron chi connectivity index (χ4n) is 2.16. The minimum absolute atomic E-state index is 0.0718. The van der Waals surface area contributed by atoms with Crippen LogP contribution in [-0.2, 0) is 10.1 Å². The number of aromatic nitrogens is 1. The van der Waals surface area contributed by atoms with Gasteiger partial charge in [-0.25, -0.2) is 9.37 Å². The smallest absolute Gasteiger partial charge is 0.340 e. The molecule has 0 spiro atoms. The van der Waals surface area contributed by atoms with Crippen LogP contribution in [0.5, 0.6) is 5.75 Å². The van der Waals surface area contributed by atoms with Crippen LogP contribution in [0.25, 0.3) is 11.3 Å². The maximum Gasteiger partial charge on any atom is 0.340 e. The minimum atomic E-state index is -4.33. The molecule has 5 nitrogen and oxygen atoms in total. The summed E-state index contributed by atoms with van der Waals surface area (Å²) in [5.74, 6) is -1.27. The Hall–Kier alpha value is -2.76. The lowest BCUT2D eigenvalue weighted by atomic mass is 10.1. The second kappa shape index (κ2) is 6.63. The molecule has 0 aliphatic heterocycles. The lowest BCUT2D eigenvalue weighted by Gasteiger charge is -2.09. The average Bonchev–Trinajstić information content (AvgIpc) is 3.03. The van der Waals surface area contributed by atoms with E-state index in [0.29, 0.717) is 11.3 Å². The molecule has 0 radical (unpaired) electrons. The van der Waals surface area contributed by atoms with Gasteiger partial charge in [-0.1, -0.05) is 12.1 Å². The van der Waals surface area contributed by atoms with E-state index in [9.17, 15) is 12.8 Å². The van der Waals surface area contributed by atoms with Crippen LogP contribution in [0.3, 0.4) is 0 Å². The summed E-state index contributed by atoms with van der Waals surface area (Å²) in [5, 5.41) is 11.6. The fraction of sp³-hybridized carbons (Fsp3) is 0.0588. The number of halogens is 1. The van der Waals surface area contributed by atoms with Gasteiger partial charge in [0.15, 0.2) is 11.6 Å². The number of nitrogens with zero attached hydrogens (tertiary/aromatic N) is 2. The number of aryl methyl sites for hydroxylation is 1. The van der Waals surface area contributed by atoms with Gasteiger partial charge in [-0.2, -0.15) is 13.7 Å². The Morgan fingerprint density at radius 2 is 2.00 bits per heavy atom. The zero-order chi connectivity index (χ0) is 18.0. The van der Waals surface area contributed by atoms with Crippen molar-refractivity contribution in [3.05, 3.63) is 64.2 Å². The van der Waals surface area contributed by atoms with Crippen LogP contribution in [0.15, 0.2) is 52.7 Å². The third-order valence-electron chi connectivity index (χ3n) is 3.32. The van der Waals surface area contributed by atoms with Crippen molar-refractivity contribution in [3.8, 4) is 23.1 Å². The number of benzene rings is 2. The Labute approximate surface area is 148 Å². The first kappa shape index (κ1) is 17.1. The molecule has 3 aromatic rings. The van der Waals surface area contributed by atoms with Crippen molar-refractivity contribution < 1.29 is 17.0 Å². The van der Waals surface area contributed by atoms with Crippen molar-refractivity contribution in [2.75, 3.05) is 0 Å². The van der Waals surface area contributed by atoms with E-state index in [1.54, 1.807) is 11.4 Å². The lowest BCUT2D eigenvalue weighted by Crippen LogP contribution is -2.12. The first-order valence-corrected chi connectivity index (χ1v) is 9.35. The molecule has 8 heteroatoms. The van der Waals surface area contributed by atoms with Crippen molar-refractivity contribution >= 4 is 21.5 Å². The maximum absolute atomic E-state index is 14.3. The summed E-state index contributed by atoms with van der Waals surface area (Å²) in [6.07, 6.45) is 0. The van der Waals surface area contributed by atoms with Crippen molar-refractivity contribution in [2.45, 2.75) is 11.8 Å². The molecule has 0 bridgehead atoms. The Bertz CT molecular complexity index is 1090. The van der Waals surface area contributed by atoms with Gasteiger partial charge in [-0.15, -0.1) is 11.3 Å². The molecular formula is C17H11FN2O3S2. The van der Waals surface area contributed by atoms with Gasteiger partial charge < -0.3 is 4.18 Å². The maximum atomic E-state index is 14.3. The van der Waals surface area contributed by atoms with Crippen LogP contribution in [-0.4, -0.2) is 13.4 Å². The standard InChI is InChI=1S/C17H11FN2O3S2/c1-11-20-15(10-24-11)12-6-7-16(14(18)8-12)23-25(21,22)17-5-3-2-4-13(17)9-19/h2-8,10H,1H3. The number of rotatable bonds is 4. The Morgan fingerprint density at radius 3 is 2.64 bits per heavy atom. The van der Waals surface area contributed by atoms with Crippen LogP contribution < -0.4 is 4.18 Å². The fourth-order valence-corrected chi connectivity index (χ4v) is 3.88. The molecule has 25 heavy (non-hydrogen) atoms. The third-order valence-corrected chi connectivity index (χ3v) is 5.39. The van der Waals surface area contributed by atoms with Crippen molar-refractivity contribution in [3.63, 3.8) is 0 Å². The van der Waals surface area contributed by atoms with Gasteiger partial charge in [0, 0.05) is 10.9 Å². The summed E-state index contributed by atoms with van der Waals surface area (Å²) >= 11 is 1.43. The molecule has 0 aliphatic carbocycles. The normalized spacial score (nSPS) is 11.1. The highest BCUT2D eigenvalue weighted by Crippen LogP contribution is 2.29. The molecule has 0 saturated heterocycles. The van der Waals surface area contributed by atoms with Gasteiger partial charge in [0.25, 0.3) is 0 Å². The lowest BCUT2D eigenvalue weighted by molar-refractivity contribution is 0.461. The molecule has 0 saturated carbocycles. The second-order valence-corrected chi connectivity index (χ2v) is 7.62. The third kappa shape index (κ3) is 3.52. The highest BCUT2D eigenvalue weighted by atomic mass is 32.2. The Morgan fingerprint density at radius 1 is 1.24 bits per heavy atom. The van der Waals surface area contributed by atoms with E-state index >= 15 is 0 Å². The van der Waals surface area contributed by atoms with Gasteiger partial charge in [0.1, 0.15) is 11.0 Å². The Balaban J connectivity index is 1.94. The zero-order valence-corrected chi connectivity index (χ0v) is 14.6. The molecular weight excluding hydrogens is 363 g/mol. The second-order valence-electron chi connectivity index (χ2n) is 5.04. The molecule has 3 rings (SSSR count). The molecule has 0 aliphatic rings. The van der Waals surface area contributed by atoms with Gasteiger partial charge >= 0.3 is 10.1 Å². The summed E-state index contributed by atoms with van der Waals surface area (Å²) in [6, 6.07) is 11.3. The molecule has 0 amide bonds. The van der Waals surface area contributed by atoms with Crippen molar-refractivity contribution in [2.24, 2.45) is 0 Å². The van der Waals surface area contributed by atoms with E-state index < -0.39 is 21.7 Å². The molecule has 0 N–H and O–H groups in total. The number of nitriles is 1. The molecule has 1 aromatic heterocycles. The number of hydrogen-bond donors (Lipinski definition) is 0. The highest BCUT2D eigenvalue weighted by molar-refractivity contribution is 7.87. The molecule has 2 aromatic carbocycles. The molecule has 0 unspecified atom stereocenters. The van der Waals surface area contributed by atoms with Crippen LogP contribution in [0, 0.1) is 24.1 Å². The summed E-state index contributed by atoms with van der Waals surface area (Å²) in [7, 11) is -4.33. The van der Waals surface area contributed by atoms with E-state index in [1.165, 1.54) is 47.7 Å². The van der Waals surface area contributed by atoms with E-state index in [-0.39, 0.29) is 10.5 Å². The largest absolute Gasteiger partial charge is 0.376 e. The van der Waals surface area contributed by atoms with Crippen LogP contribution >= 0.6 is 11.3 Å². The number of hydrogen-bond acceptors (Lipinski definition) is 6. The van der Waals surface area contributed by atoms with Crippen LogP contribution in [0.1, 0.15) is 10.6 Å². The van der Waals surface area contributed by atoms with Crippen molar-refractivity contribution in [1.82, 2.24) is 4.98 Å². The van der Waals surface area contributed by atoms with Gasteiger partial charge in [0.05, 0.1) is 16.3 Å². The highest BCUT2D eigenvalue weighted by Gasteiger charge is 2.22. The quantitative estimate of drug-likeness (QED) is 0.647. The molecule has 0 atom stereocenters. The molecule has 0 fully saturated rings. The van der Waals surface area contributed by atoms with Gasteiger partial charge in [-0.3, -0.25) is 0 Å². The summed E-state index contributed by atoms with van der Waals surface area (Å²) in [4.78, 5) is 3.94. The number of thiazole rings is 1. The van der Waals surface area contributed by atoms with E-state index in [1.807, 2.05) is 6.92 Å². The first-order valence-electron chi connectivity index (χ1n) is 7.06. The van der Waals surface area contributed by atoms with Gasteiger partial charge in [0.2, 0.25) is 0 Å². The first-order chi connectivity index (χ1) is 11.9. The summed E-state index contributed by atoms with van der Waals surface area (Å²) < 4.78 is 43.9. The van der Waals surface area contributed by atoms with Crippen LogP contribution in [0.4, 0.5) is 4.39 Å². The minimum Gasteiger partial charge on any atom is -0.376 e. The molecule has 1 heterocycles. The Kier molecular flexibility index (Phi) is 4.53. The van der Waals surface area contributed by atoms with E-state index in [4.69, 9.17) is 9.44 Å². The summed E-state index contributed by atoms with van der Waals surface area (Å²) in [6.45, 7) is 1.83. The zero-order valence-electron chi connectivity index (χ0n) is 12.9. The van der Waals surface area contributed by atoms with Gasteiger partial charge in [-0.05, 0) is 37.3 Å². The van der Waals surface area contributed by atoms with Crippen LogP contribution in [0.2, 0.25) is 0 Å².